The number of fused-ring (bicyclic) bond motifs is 1. The molecule has 0 amide bonds. The zero-order valence-corrected chi connectivity index (χ0v) is 12.0. The molecule has 3 rings (SSSR count). The van der Waals surface area contributed by atoms with E-state index in [0.29, 0.717) is 24.0 Å². The quantitative estimate of drug-likeness (QED) is 0.799. The van der Waals surface area contributed by atoms with Crippen LogP contribution >= 0.6 is 0 Å². The number of hydrogen-bond acceptors (Lipinski definition) is 4. The van der Waals surface area contributed by atoms with Gasteiger partial charge in [0.15, 0.2) is 11.5 Å². The van der Waals surface area contributed by atoms with E-state index in [1.807, 2.05) is 47.0 Å². The summed E-state index contributed by atoms with van der Waals surface area (Å²) in [5.74, 6) is 1.92. The number of nitrogen functional groups attached to an aromatic ring is 1. The van der Waals surface area contributed by atoms with Crippen molar-refractivity contribution < 1.29 is 9.47 Å². The molecule has 1 heterocycles. The second kappa shape index (κ2) is 5.36. The SMILES string of the molecule is COc1ccc(Cn2c(N)nc3ccccc32)cc1OC. The van der Waals surface area contributed by atoms with E-state index in [0.717, 1.165) is 16.6 Å². The molecule has 0 fully saturated rings. The molecule has 0 aliphatic carbocycles. The Kier molecular flexibility index (Phi) is 3.39. The Balaban J connectivity index is 2.00. The molecule has 5 heteroatoms. The van der Waals surface area contributed by atoms with E-state index in [1.54, 1.807) is 14.2 Å². The van der Waals surface area contributed by atoms with Crippen LogP contribution in [0.3, 0.4) is 0 Å². The largest absolute Gasteiger partial charge is 0.493 e. The van der Waals surface area contributed by atoms with Crippen LogP contribution in [0.15, 0.2) is 42.5 Å². The first kappa shape index (κ1) is 13.3. The molecular weight excluding hydrogens is 266 g/mol. The highest BCUT2D eigenvalue weighted by Crippen LogP contribution is 2.28. The minimum Gasteiger partial charge on any atom is -0.493 e. The zero-order valence-electron chi connectivity index (χ0n) is 12.0. The van der Waals surface area contributed by atoms with Crippen molar-refractivity contribution in [3.05, 3.63) is 48.0 Å². The molecule has 2 aromatic carbocycles. The molecule has 2 N–H and O–H groups in total. The van der Waals surface area contributed by atoms with Gasteiger partial charge in [-0.15, -0.1) is 0 Å². The Morgan fingerprint density at radius 3 is 2.57 bits per heavy atom. The Labute approximate surface area is 122 Å². The maximum absolute atomic E-state index is 6.02. The summed E-state index contributed by atoms with van der Waals surface area (Å²) < 4.78 is 12.6. The van der Waals surface area contributed by atoms with Gasteiger partial charge in [-0.1, -0.05) is 18.2 Å². The molecule has 0 spiro atoms. The molecule has 0 saturated heterocycles. The number of anilines is 1. The van der Waals surface area contributed by atoms with E-state index < -0.39 is 0 Å². The third-order valence-electron chi connectivity index (χ3n) is 3.47. The predicted molar refractivity (Wildman–Crippen MR) is 82.8 cm³/mol. The van der Waals surface area contributed by atoms with E-state index >= 15 is 0 Å². The molecule has 0 unspecified atom stereocenters. The molecule has 108 valence electrons. The third-order valence-corrected chi connectivity index (χ3v) is 3.47. The van der Waals surface area contributed by atoms with Crippen molar-refractivity contribution in [1.29, 1.82) is 0 Å². The average molecular weight is 283 g/mol. The fourth-order valence-corrected chi connectivity index (χ4v) is 2.42. The van der Waals surface area contributed by atoms with Crippen LogP contribution in [0.25, 0.3) is 11.0 Å². The van der Waals surface area contributed by atoms with E-state index in [1.165, 1.54) is 0 Å². The maximum Gasteiger partial charge on any atom is 0.201 e. The van der Waals surface area contributed by atoms with Crippen molar-refractivity contribution in [2.75, 3.05) is 20.0 Å². The molecular formula is C16H17N3O2. The Morgan fingerprint density at radius 1 is 1.05 bits per heavy atom. The van der Waals surface area contributed by atoms with E-state index in [9.17, 15) is 0 Å². The van der Waals surface area contributed by atoms with Crippen LogP contribution < -0.4 is 15.2 Å². The van der Waals surface area contributed by atoms with Crippen LogP contribution in [-0.4, -0.2) is 23.8 Å². The summed E-state index contributed by atoms with van der Waals surface area (Å²) >= 11 is 0. The van der Waals surface area contributed by atoms with Crippen LogP contribution in [-0.2, 0) is 6.54 Å². The van der Waals surface area contributed by atoms with Crippen molar-refractivity contribution in [3.8, 4) is 11.5 Å². The molecule has 1 aromatic heterocycles. The number of imidazole rings is 1. The van der Waals surface area contributed by atoms with Crippen molar-refractivity contribution in [1.82, 2.24) is 9.55 Å². The van der Waals surface area contributed by atoms with Gasteiger partial charge in [-0.05, 0) is 29.8 Å². The Hall–Kier alpha value is -2.69. The molecule has 21 heavy (non-hydrogen) atoms. The first-order valence-corrected chi connectivity index (χ1v) is 6.64. The lowest BCUT2D eigenvalue weighted by molar-refractivity contribution is 0.354. The smallest absolute Gasteiger partial charge is 0.201 e. The van der Waals surface area contributed by atoms with Gasteiger partial charge < -0.3 is 19.8 Å². The van der Waals surface area contributed by atoms with E-state index in [4.69, 9.17) is 15.2 Å². The van der Waals surface area contributed by atoms with Crippen molar-refractivity contribution >= 4 is 17.0 Å². The summed E-state index contributed by atoms with van der Waals surface area (Å²) in [5.41, 5.74) is 9.01. The summed E-state index contributed by atoms with van der Waals surface area (Å²) in [6.07, 6.45) is 0. The number of para-hydroxylation sites is 2. The van der Waals surface area contributed by atoms with Gasteiger partial charge in [-0.2, -0.15) is 0 Å². The summed E-state index contributed by atoms with van der Waals surface area (Å²) in [4.78, 5) is 4.37. The number of rotatable bonds is 4. The fourth-order valence-electron chi connectivity index (χ4n) is 2.42. The summed E-state index contributed by atoms with van der Waals surface area (Å²) in [5, 5.41) is 0. The zero-order chi connectivity index (χ0) is 14.8. The summed E-state index contributed by atoms with van der Waals surface area (Å²) in [6.45, 7) is 0.632. The van der Waals surface area contributed by atoms with Crippen LogP contribution in [0.4, 0.5) is 5.95 Å². The fraction of sp³-hybridized carbons (Fsp3) is 0.188. The average Bonchev–Trinajstić information content (AvgIpc) is 2.83. The van der Waals surface area contributed by atoms with E-state index in [-0.39, 0.29) is 0 Å². The van der Waals surface area contributed by atoms with Gasteiger partial charge in [0, 0.05) is 0 Å². The highest BCUT2D eigenvalue weighted by Gasteiger charge is 2.10. The Morgan fingerprint density at radius 2 is 1.81 bits per heavy atom. The lowest BCUT2D eigenvalue weighted by Crippen LogP contribution is -2.05. The molecule has 0 saturated carbocycles. The molecule has 3 aromatic rings. The topological polar surface area (TPSA) is 62.3 Å². The molecule has 0 aliphatic heterocycles. The summed E-state index contributed by atoms with van der Waals surface area (Å²) in [6, 6.07) is 13.7. The van der Waals surface area contributed by atoms with Crippen molar-refractivity contribution in [3.63, 3.8) is 0 Å². The van der Waals surface area contributed by atoms with Crippen molar-refractivity contribution in [2.24, 2.45) is 0 Å². The van der Waals surface area contributed by atoms with Crippen LogP contribution in [0.2, 0.25) is 0 Å². The van der Waals surface area contributed by atoms with Gasteiger partial charge >= 0.3 is 0 Å². The van der Waals surface area contributed by atoms with Gasteiger partial charge in [0.05, 0.1) is 31.8 Å². The van der Waals surface area contributed by atoms with Crippen LogP contribution in [0.5, 0.6) is 11.5 Å². The maximum atomic E-state index is 6.02. The van der Waals surface area contributed by atoms with Gasteiger partial charge in [0.25, 0.3) is 0 Å². The van der Waals surface area contributed by atoms with Gasteiger partial charge in [0.1, 0.15) is 0 Å². The van der Waals surface area contributed by atoms with Gasteiger partial charge in [0.2, 0.25) is 5.95 Å². The highest BCUT2D eigenvalue weighted by atomic mass is 16.5. The standard InChI is InChI=1S/C16H17N3O2/c1-20-14-8-7-11(9-15(14)21-2)10-19-13-6-4-3-5-12(13)18-16(19)17/h3-9H,10H2,1-2H3,(H2,17,18). The highest BCUT2D eigenvalue weighted by molar-refractivity contribution is 5.78. The predicted octanol–water partition coefficient (Wildman–Crippen LogP) is 2.68. The number of nitrogens with zero attached hydrogens (tertiary/aromatic N) is 2. The van der Waals surface area contributed by atoms with Crippen LogP contribution in [0, 0.1) is 0 Å². The number of hydrogen-bond donors (Lipinski definition) is 1. The van der Waals surface area contributed by atoms with Gasteiger partial charge in [-0.25, -0.2) is 4.98 Å². The number of ether oxygens (including phenoxy) is 2. The minimum atomic E-state index is 0.506. The third kappa shape index (κ3) is 2.38. The Bertz CT molecular complexity index is 780. The first-order chi connectivity index (χ1) is 10.2. The number of methoxy groups -OCH3 is 2. The lowest BCUT2D eigenvalue weighted by atomic mass is 10.2. The van der Waals surface area contributed by atoms with Crippen LogP contribution in [0.1, 0.15) is 5.56 Å². The summed E-state index contributed by atoms with van der Waals surface area (Å²) in [7, 11) is 3.25. The van der Waals surface area contributed by atoms with E-state index in [2.05, 4.69) is 4.98 Å². The molecule has 0 radical (unpaired) electrons. The van der Waals surface area contributed by atoms with Crippen molar-refractivity contribution in [2.45, 2.75) is 6.54 Å². The van der Waals surface area contributed by atoms with Gasteiger partial charge in [-0.3, -0.25) is 0 Å². The molecule has 0 aliphatic rings. The normalized spacial score (nSPS) is 10.8. The monoisotopic (exact) mass is 283 g/mol. The lowest BCUT2D eigenvalue weighted by Gasteiger charge is -2.11. The minimum absolute atomic E-state index is 0.506. The molecule has 0 bridgehead atoms. The number of aromatic nitrogens is 2. The number of nitrogens with two attached hydrogens (primary N) is 1. The number of benzene rings is 2. The molecule has 5 nitrogen and oxygen atoms in total. The molecule has 0 atom stereocenters. The second-order valence-electron chi connectivity index (χ2n) is 4.73. The second-order valence-corrected chi connectivity index (χ2v) is 4.73. The first-order valence-electron chi connectivity index (χ1n) is 6.64.